The van der Waals surface area contributed by atoms with Crippen molar-refractivity contribution in [3.63, 3.8) is 0 Å². The van der Waals surface area contributed by atoms with Crippen molar-refractivity contribution in [2.75, 3.05) is 5.75 Å². The zero-order valence-corrected chi connectivity index (χ0v) is 15.4. The molecule has 130 valence electrons. The Morgan fingerprint density at radius 3 is 2.72 bits per heavy atom. The van der Waals surface area contributed by atoms with Gasteiger partial charge in [-0.3, -0.25) is 4.79 Å². The highest BCUT2D eigenvalue weighted by Gasteiger charge is 2.14. The van der Waals surface area contributed by atoms with Crippen molar-refractivity contribution in [2.45, 2.75) is 31.0 Å². The van der Waals surface area contributed by atoms with Crippen molar-refractivity contribution in [1.29, 1.82) is 0 Å². The number of nitrogens with zero attached hydrogens (tertiary/aromatic N) is 3. The number of carbonyl (C=O) groups is 1. The second-order valence-electron chi connectivity index (χ2n) is 5.61. The molecular formula is C18H20N4OS2. The molecule has 7 heteroatoms. The number of aryl methyl sites for hydroxylation is 1. The maximum Gasteiger partial charge on any atom is 0.218 e. The number of rotatable bonds is 9. The lowest BCUT2D eigenvalue weighted by molar-refractivity contribution is -0.117. The number of nitrogens with two attached hydrogens (primary N) is 1. The minimum absolute atomic E-state index is 0.290. The van der Waals surface area contributed by atoms with Gasteiger partial charge < -0.3 is 10.3 Å². The molecule has 0 aliphatic carbocycles. The van der Waals surface area contributed by atoms with E-state index in [1.54, 1.807) is 11.3 Å². The molecular weight excluding hydrogens is 352 g/mol. The molecule has 5 nitrogen and oxygen atoms in total. The zero-order valence-electron chi connectivity index (χ0n) is 13.8. The lowest BCUT2D eigenvalue weighted by Crippen LogP contribution is -2.12. The standard InChI is InChI=1S/C18H20N4OS2/c19-16(23)9-12-25-18-21-20-17(13-15-7-4-11-24-15)22(18)10-8-14-5-2-1-3-6-14/h1-7,11H,8-10,12-13H2,(H2,19,23). The molecule has 0 atom stereocenters. The second kappa shape index (κ2) is 8.82. The van der Waals surface area contributed by atoms with Gasteiger partial charge in [0.05, 0.1) is 0 Å². The first-order valence-corrected chi connectivity index (χ1v) is 9.98. The maximum absolute atomic E-state index is 11.0. The van der Waals surface area contributed by atoms with Crippen LogP contribution in [0.4, 0.5) is 0 Å². The topological polar surface area (TPSA) is 73.8 Å². The van der Waals surface area contributed by atoms with E-state index in [1.165, 1.54) is 22.2 Å². The van der Waals surface area contributed by atoms with E-state index in [4.69, 9.17) is 5.73 Å². The van der Waals surface area contributed by atoms with E-state index >= 15 is 0 Å². The summed E-state index contributed by atoms with van der Waals surface area (Å²) in [5, 5.41) is 11.6. The Morgan fingerprint density at radius 1 is 1.16 bits per heavy atom. The summed E-state index contributed by atoms with van der Waals surface area (Å²) in [6.07, 6.45) is 2.03. The molecule has 0 unspecified atom stereocenters. The molecule has 0 aliphatic heterocycles. The molecule has 0 radical (unpaired) electrons. The monoisotopic (exact) mass is 372 g/mol. The van der Waals surface area contributed by atoms with Crippen molar-refractivity contribution in [3.8, 4) is 0 Å². The number of primary amides is 1. The molecule has 25 heavy (non-hydrogen) atoms. The Morgan fingerprint density at radius 2 is 2.00 bits per heavy atom. The van der Waals surface area contributed by atoms with E-state index in [2.05, 4.69) is 50.5 Å². The highest BCUT2D eigenvalue weighted by molar-refractivity contribution is 7.99. The number of amides is 1. The Bertz CT molecular complexity index is 800. The SMILES string of the molecule is NC(=O)CCSc1nnc(Cc2cccs2)n1CCc1ccccc1. The third kappa shape index (κ3) is 5.17. The molecule has 2 aromatic heterocycles. The number of carbonyl (C=O) groups excluding carboxylic acids is 1. The van der Waals surface area contributed by atoms with Gasteiger partial charge in [0.15, 0.2) is 5.16 Å². The van der Waals surface area contributed by atoms with Crippen LogP contribution in [0.25, 0.3) is 0 Å². The molecule has 2 heterocycles. The summed E-state index contributed by atoms with van der Waals surface area (Å²) >= 11 is 3.26. The summed E-state index contributed by atoms with van der Waals surface area (Å²) in [5.74, 6) is 1.29. The summed E-state index contributed by atoms with van der Waals surface area (Å²) in [5.41, 5.74) is 6.51. The van der Waals surface area contributed by atoms with Crippen LogP contribution in [0.15, 0.2) is 53.0 Å². The van der Waals surface area contributed by atoms with Crippen molar-refractivity contribution < 1.29 is 4.79 Å². The summed E-state index contributed by atoms with van der Waals surface area (Å²) in [4.78, 5) is 12.2. The molecule has 0 saturated heterocycles. The van der Waals surface area contributed by atoms with Gasteiger partial charge >= 0.3 is 0 Å². The summed E-state index contributed by atoms with van der Waals surface area (Å²) in [6.45, 7) is 0.816. The second-order valence-corrected chi connectivity index (χ2v) is 7.70. The molecule has 0 aliphatic rings. The van der Waals surface area contributed by atoms with Crippen LogP contribution in [0.2, 0.25) is 0 Å². The zero-order chi connectivity index (χ0) is 17.5. The first-order chi connectivity index (χ1) is 12.2. The van der Waals surface area contributed by atoms with E-state index < -0.39 is 0 Å². The van der Waals surface area contributed by atoms with Crippen LogP contribution in [0.5, 0.6) is 0 Å². The first-order valence-electron chi connectivity index (χ1n) is 8.12. The molecule has 1 aromatic carbocycles. The van der Waals surface area contributed by atoms with Gasteiger partial charge in [0.25, 0.3) is 0 Å². The average Bonchev–Trinajstić information content (AvgIpc) is 3.25. The number of thioether (sulfide) groups is 1. The van der Waals surface area contributed by atoms with E-state index in [0.29, 0.717) is 12.2 Å². The minimum atomic E-state index is -0.290. The fourth-order valence-corrected chi connectivity index (χ4v) is 4.12. The van der Waals surface area contributed by atoms with Gasteiger partial charge in [0, 0.05) is 30.0 Å². The van der Waals surface area contributed by atoms with E-state index in [9.17, 15) is 4.79 Å². The number of benzene rings is 1. The van der Waals surface area contributed by atoms with Crippen LogP contribution in [0, 0.1) is 0 Å². The van der Waals surface area contributed by atoms with Crippen LogP contribution in [-0.4, -0.2) is 26.4 Å². The Balaban J connectivity index is 1.74. The average molecular weight is 373 g/mol. The smallest absolute Gasteiger partial charge is 0.218 e. The highest BCUT2D eigenvalue weighted by Crippen LogP contribution is 2.21. The third-order valence-corrected chi connectivity index (χ3v) is 5.60. The number of hydrogen-bond donors (Lipinski definition) is 1. The quantitative estimate of drug-likeness (QED) is 0.586. The number of thiophene rings is 1. The fourth-order valence-electron chi connectivity index (χ4n) is 2.48. The molecule has 0 spiro atoms. The molecule has 0 fully saturated rings. The third-order valence-electron chi connectivity index (χ3n) is 3.75. The van der Waals surface area contributed by atoms with Crippen LogP contribution >= 0.6 is 23.1 Å². The fraction of sp³-hybridized carbons (Fsp3) is 0.278. The first kappa shape index (κ1) is 17.7. The van der Waals surface area contributed by atoms with Crippen LogP contribution in [0.1, 0.15) is 22.7 Å². The Labute approximate surface area is 155 Å². The van der Waals surface area contributed by atoms with Gasteiger partial charge in [0.1, 0.15) is 5.82 Å². The summed E-state index contributed by atoms with van der Waals surface area (Å²) in [6, 6.07) is 14.5. The predicted octanol–water partition coefficient (Wildman–Crippen LogP) is 3.14. The molecule has 0 bridgehead atoms. The predicted molar refractivity (Wildman–Crippen MR) is 102 cm³/mol. The van der Waals surface area contributed by atoms with Crippen molar-refractivity contribution >= 4 is 29.0 Å². The van der Waals surface area contributed by atoms with Gasteiger partial charge in [-0.25, -0.2) is 0 Å². The Kier molecular flexibility index (Phi) is 6.25. The molecule has 2 N–H and O–H groups in total. The molecule has 3 rings (SSSR count). The van der Waals surface area contributed by atoms with Crippen LogP contribution < -0.4 is 5.73 Å². The highest BCUT2D eigenvalue weighted by atomic mass is 32.2. The van der Waals surface area contributed by atoms with Crippen molar-refractivity contribution in [2.24, 2.45) is 5.73 Å². The van der Waals surface area contributed by atoms with E-state index in [1.807, 2.05) is 12.1 Å². The summed E-state index contributed by atoms with van der Waals surface area (Å²) in [7, 11) is 0. The van der Waals surface area contributed by atoms with Gasteiger partial charge in [-0.1, -0.05) is 48.2 Å². The number of hydrogen-bond acceptors (Lipinski definition) is 5. The van der Waals surface area contributed by atoms with Gasteiger partial charge in [-0.05, 0) is 23.4 Å². The van der Waals surface area contributed by atoms with Gasteiger partial charge in [-0.2, -0.15) is 0 Å². The molecule has 0 saturated carbocycles. The normalized spacial score (nSPS) is 10.9. The van der Waals surface area contributed by atoms with Crippen molar-refractivity contribution in [1.82, 2.24) is 14.8 Å². The van der Waals surface area contributed by atoms with Crippen LogP contribution in [0.3, 0.4) is 0 Å². The van der Waals surface area contributed by atoms with Gasteiger partial charge in [0.2, 0.25) is 5.91 Å². The molecule has 3 aromatic rings. The van der Waals surface area contributed by atoms with E-state index in [0.717, 1.165) is 30.4 Å². The lowest BCUT2D eigenvalue weighted by Gasteiger charge is -2.10. The Hall–Kier alpha value is -2.12. The maximum atomic E-state index is 11.0. The lowest BCUT2D eigenvalue weighted by atomic mass is 10.1. The van der Waals surface area contributed by atoms with Crippen molar-refractivity contribution in [3.05, 3.63) is 64.1 Å². The number of aromatic nitrogens is 3. The minimum Gasteiger partial charge on any atom is -0.370 e. The largest absolute Gasteiger partial charge is 0.370 e. The molecule has 1 amide bonds. The van der Waals surface area contributed by atoms with Crippen LogP contribution in [-0.2, 0) is 24.2 Å². The van der Waals surface area contributed by atoms with Gasteiger partial charge in [-0.15, -0.1) is 21.5 Å². The van der Waals surface area contributed by atoms with E-state index in [-0.39, 0.29) is 5.91 Å². The summed E-state index contributed by atoms with van der Waals surface area (Å²) < 4.78 is 2.17.